The van der Waals surface area contributed by atoms with Gasteiger partial charge in [0.1, 0.15) is 12.1 Å². The molecule has 1 heterocycles. The van der Waals surface area contributed by atoms with Crippen LogP contribution in [0.3, 0.4) is 0 Å². The fourth-order valence-corrected chi connectivity index (χ4v) is 1.94. The average molecular weight is 322 g/mol. The summed E-state index contributed by atoms with van der Waals surface area (Å²) in [5.41, 5.74) is 3.52. The van der Waals surface area contributed by atoms with Gasteiger partial charge in [-0.05, 0) is 43.3 Å². The second kappa shape index (κ2) is 6.69. The molecule has 8 nitrogen and oxygen atoms in total. The van der Waals surface area contributed by atoms with Gasteiger partial charge in [-0.1, -0.05) is 12.1 Å². The number of para-hydroxylation sites is 1. The fraction of sp³-hybridized carbons (Fsp3) is 0.0625. The number of phenolic OH excluding ortho intramolecular Hbond substituents is 1. The zero-order chi connectivity index (χ0) is 16.9. The van der Waals surface area contributed by atoms with Crippen molar-refractivity contribution in [2.24, 2.45) is 15.3 Å². The number of benzene rings is 2. The highest BCUT2D eigenvalue weighted by Gasteiger charge is 2.02. The lowest BCUT2D eigenvalue weighted by Crippen LogP contribution is -2.26. The van der Waals surface area contributed by atoms with Crippen molar-refractivity contribution in [2.75, 3.05) is 5.53 Å². The molecule has 0 unspecified atom stereocenters. The summed E-state index contributed by atoms with van der Waals surface area (Å²) in [5, 5.41) is 21.6. The second-order valence-corrected chi connectivity index (χ2v) is 4.91. The molecule has 2 aromatic carbocycles. The van der Waals surface area contributed by atoms with E-state index in [-0.39, 0.29) is 11.3 Å². The van der Waals surface area contributed by atoms with Crippen molar-refractivity contribution < 1.29 is 5.11 Å². The molecule has 0 aliphatic carbocycles. The van der Waals surface area contributed by atoms with Crippen molar-refractivity contribution >= 4 is 22.4 Å². The van der Waals surface area contributed by atoms with E-state index >= 15 is 0 Å². The number of nitrogens with zero attached hydrogens (tertiary/aromatic N) is 5. The van der Waals surface area contributed by atoms with Crippen molar-refractivity contribution in [1.82, 2.24) is 9.66 Å². The van der Waals surface area contributed by atoms with Crippen LogP contribution in [0.15, 0.2) is 75.0 Å². The Bertz CT molecular complexity index is 976. The van der Waals surface area contributed by atoms with Crippen LogP contribution in [0.5, 0.6) is 5.75 Å². The first-order valence-electron chi connectivity index (χ1n) is 7.11. The Kier molecular flexibility index (Phi) is 4.28. The van der Waals surface area contributed by atoms with Crippen LogP contribution in [0.1, 0.15) is 6.92 Å². The van der Waals surface area contributed by atoms with Crippen LogP contribution in [-0.2, 0) is 0 Å². The van der Waals surface area contributed by atoms with Crippen LogP contribution in [-0.4, -0.2) is 20.6 Å². The molecular weight excluding hydrogens is 308 g/mol. The van der Waals surface area contributed by atoms with E-state index in [0.717, 1.165) is 0 Å². The Morgan fingerprint density at radius 2 is 1.92 bits per heavy atom. The first-order valence-corrected chi connectivity index (χ1v) is 7.11. The Morgan fingerprint density at radius 3 is 2.71 bits per heavy atom. The fourth-order valence-electron chi connectivity index (χ4n) is 1.94. The van der Waals surface area contributed by atoms with Crippen molar-refractivity contribution in [3.8, 4) is 5.75 Å². The molecule has 3 rings (SSSR count). The number of azo groups is 1. The van der Waals surface area contributed by atoms with E-state index in [9.17, 15) is 9.90 Å². The number of rotatable bonds is 3. The topological polar surface area (TPSA) is 104 Å². The van der Waals surface area contributed by atoms with Gasteiger partial charge in [0.15, 0.2) is 5.84 Å². The smallest absolute Gasteiger partial charge is 0.281 e. The third-order valence-electron chi connectivity index (χ3n) is 3.14. The number of phenols is 1. The van der Waals surface area contributed by atoms with Crippen molar-refractivity contribution in [2.45, 2.75) is 6.92 Å². The highest BCUT2D eigenvalue weighted by atomic mass is 16.3. The lowest BCUT2D eigenvalue weighted by Gasteiger charge is -2.04. The first-order chi connectivity index (χ1) is 11.6. The van der Waals surface area contributed by atoms with Gasteiger partial charge in [-0.15, -0.1) is 15.3 Å². The SMILES string of the molecule is C/C(N=Nc1ccc(O)cc1)=N\Nn1cnc2ccccc2c1=O. The first kappa shape index (κ1) is 15.3. The molecule has 120 valence electrons. The summed E-state index contributed by atoms with van der Waals surface area (Å²) in [6.45, 7) is 1.64. The molecule has 0 radical (unpaired) electrons. The molecule has 3 aromatic rings. The Labute approximate surface area is 136 Å². The zero-order valence-corrected chi connectivity index (χ0v) is 12.8. The number of hydrazone groups is 1. The molecule has 0 spiro atoms. The molecule has 0 aliphatic rings. The predicted octanol–water partition coefficient (Wildman–Crippen LogP) is 2.76. The van der Waals surface area contributed by atoms with E-state index in [0.29, 0.717) is 22.4 Å². The van der Waals surface area contributed by atoms with Gasteiger partial charge < -0.3 is 5.11 Å². The van der Waals surface area contributed by atoms with Crippen molar-refractivity contribution in [3.05, 3.63) is 65.2 Å². The summed E-state index contributed by atoms with van der Waals surface area (Å²) in [4.78, 5) is 16.4. The van der Waals surface area contributed by atoms with Crippen LogP contribution in [0.4, 0.5) is 5.69 Å². The van der Waals surface area contributed by atoms with Crippen LogP contribution in [0.25, 0.3) is 10.9 Å². The minimum atomic E-state index is -0.257. The number of amidine groups is 1. The number of aromatic nitrogens is 2. The van der Waals surface area contributed by atoms with Crippen molar-refractivity contribution in [3.63, 3.8) is 0 Å². The van der Waals surface area contributed by atoms with E-state index in [1.165, 1.54) is 23.1 Å². The average Bonchev–Trinajstić information content (AvgIpc) is 2.61. The monoisotopic (exact) mass is 322 g/mol. The zero-order valence-electron chi connectivity index (χ0n) is 12.8. The van der Waals surface area contributed by atoms with Gasteiger partial charge in [-0.25, -0.2) is 10.5 Å². The minimum absolute atomic E-state index is 0.157. The summed E-state index contributed by atoms with van der Waals surface area (Å²) in [5.74, 6) is 0.479. The van der Waals surface area contributed by atoms with Gasteiger partial charge in [-0.2, -0.15) is 4.68 Å². The molecule has 0 bridgehead atoms. The molecule has 24 heavy (non-hydrogen) atoms. The quantitative estimate of drug-likeness (QED) is 0.335. The summed E-state index contributed by atoms with van der Waals surface area (Å²) in [7, 11) is 0. The minimum Gasteiger partial charge on any atom is -0.508 e. The van der Waals surface area contributed by atoms with Gasteiger partial charge in [0.05, 0.1) is 16.6 Å². The maximum atomic E-state index is 12.3. The highest BCUT2D eigenvalue weighted by Crippen LogP contribution is 2.16. The third kappa shape index (κ3) is 3.43. The van der Waals surface area contributed by atoms with Crippen LogP contribution in [0, 0.1) is 0 Å². The number of nitrogens with one attached hydrogen (secondary N) is 1. The number of hydrogen-bond donors (Lipinski definition) is 2. The van der Waals surface area contributed by atoms with Gasteiger partial charge >= 0.3 is 0 Å². The summed E-state index contributed by atoms with van der Waals surface area (Å²) in [6, 6.07) is 13.3. The van der Waals surface area contributed by atoms with E-state index < -0.39 is 0 Å². The molecule has 0 aliphatic heterocycles. The molecule has 0 saturated heterocycles. The summed E-state index contributed by atoms with van der Waals surface area (Å²) in [6.07, 6.45) is 1.36. The number of fused-ring (bicyclic) bond motifs is 1. The predicted molar refractivity (Wildman–Crippen MR) is 91.1 cm³/mol. The van der Waals surface area contributed by atoms with E-state index in [1.54, 1.807) is 37.3 Å². The standard InChI is InChI=1S/C16H14N6O2/c1-11(18-20-12-6-8-13(23)9-7-12)19-21-22-10-17-15-5-3-2-4-14(15)16(22)24/h2-10,21,23H,1H3/b19-11+,20-18?. The lowest BCUT2D eigenvalue weighted by atomic mass is 10.2. The van der Waals surface area contributed by atoms with Gasteiger partial charge in [-0.3, -0.25) is 4.79 Å². The van der Waals surface area contributed by atoms with E-state index in [4.69, 9.17) is 0 Å². The number of aromatic hydroxyl groups is 1. The maximum Gasteiger partial charge on any atom is 0.281 e. The van der Waals surface area contributed by atoms with Gasteiger partial charge in [0, 0.05) is 0 Å². The van der Waals surface area contributed by atoms with Crippen LogP contribution >= 0.6 is 0 Å². The number of hydrogen-bond acceptors (Lipinski definition) is 6. The van der Waals surface area contributed by atoms with E-state index in [2.05, 4.69) is 25.8 Å². The summed E-state index contributed by atoms with van der Waals surface area (Å²) < 4.78 is 1.17. The molecule has 8 heteroatoms. The second-order valence-electron chi connectivity index (χ2n) is 4.91. The molecule has 0 fully saturated rings. The third-order valence-corrected chi connectivity index (χ3v) is 3.14. The molecular formula is C16H14N6O2. The van der Waals surface area contributed by atoms with Gasteiger partial charge in [0.25, 0.3) is 5.56 Å². The van der Waals surface area contributed by atoms with Crippen LogP contribution in [0.2, 0.25) is 0 Å². The largest absolute Gasteiger partial charge is 0.508 e. The lowest BCUT2D eigenvalue weighted by molar-refractivity contribution is 0.475. The Hall–Kier alpha value is -3.55. The molecule has 0 atom stereocenters. The molecule has 1 aromatic heterocycles. The molecule has 0 saturated carbocycles. The van der Waals surface area contributed by atoms with Gasteiger partial charge in [0.2, 0.25) is 0 Å². The highest BCUT2D eigenvalue weighted by molar-refractivity contribution is 5.80. The van der Waals surface area contributed by atoms with Crippen LogP contribution < -0.4 is 11.1 Å². The Morgan fingerprint density at radius 1 is 1.17 bits per heavy atom. The summed E-state index contributed by atoms with van der Waals surface area (Å²) >= 11 is 0. The molecule has 2 N–H and O–H groups in total. The molecule has 0 amide bonds. The van der Waals surface area contributed by atoms with Crippen molar-refractivity contribution in [1.29, 1.82) is 0 Å². The normalized spacial score (nSPS) is 12.0. The maximum absolute atomic E-state index is 12.3. The Balaban J connectivity index is 1.76. The van der Waals surface area contributed by atoms with E-state index in [1.807, 2.05) is 6.07 Å².